The van der Waals surface area contributed by atoms with Gasteiger partial charge < -0.3 is 14.4 Å². The minimum atomic E-state index is -0.627. The molecule has 2 aliphatic heterocycles. The number of rotatable bonds is 3. The highest BCUT2D eigenvalue weighted by Crippen LogP contribution is 2.35. The summed E-state index contributed by atoms with van der Waals surface area (Å²) < 4.78 is 9.99. The number of Topliss-reactive ketones (excluding diaryl/α,β-unsaturated/α-hetero) is 1. The molecule has 148 valence electrons. The number of allylic oxidation sites excluding steroid dienone is 6. The molecule has 3 aliphatic rings. The average molecular weight is 401 g/mol. The predicted octanol–water partition coefficient (Wildman–Crippen LogP) is 2.69. The van der Waals surface area contributed by atoms with Crippen LogP contribution in [0.5, 0.6) is 0 Å². The van der Waals surface area contributed by atoms with Gasteiger partial charge in [0.05, 0.1) is 36.8 Å². The van der Waals surface area contributed by atoms with E-state index >= 15 is 0 Å². The van der Waals surface area contributed by atoms with Crippen molar-refractivity contribution >= 4 is 29.5 Å². The zero-order valence-corrected chi connectivity index (χ0v) is 16.8. The number of likely N-dealkylation sites (tertiary alicyclic amines) is 1. The highest BCUT2D eigenvalue weighted by Gasteiger charge is 2.33. The van der Waals surface area contributed by atoms with E-state index in [2.05, 4.69) is 4.90 Å². The van der Waals surface area contributed by atoms with Crippen molar-refractivity contribution in [3.05, 3.63) is 57.7 Å². The molecule has 28 heavy (non-hydrogen) atoms. The van der Waals surface area contributed by atoms with Gasteiger partial charge in [-0.2, -0.15) is 0 Å². The van der Waals surface area contributed by atoms with Crippen molar-refractivity contribution in [3.8, 4) is 0 Å². The molecule has 0 radical (unpaired) electrons. The monoisotopic (exact) mass is 401 g/mol. The van der Waals surface area contributed by atoms with Gasteiger partial charge in [0.15, 0.2) is 5.78 Å². The number of hydrogen-bond donors (Lipinski definition) is 0. The molecule has 0 amide bonds. The molecule has 0 unspecified atom stereocenters. The topological polar surface area (TPSA) is 72.9 Å². The second kappa shape index (κ2) is 9.10. The maximum Gasteiger partial charge on any atom is 0.340 e. The van der Waals surface area contributed by atoms with E-state index in [1.165, 1.54) is 31.4 Å². The maximum atomic E-state index is 12.8. The SMILES string of the molecule is COC(=O)C1=C\SCC(=O)C2=CC=CC=C(C2)/C(N2CCCC2)=C\1C(=O)OC. The molecule has 0 saturated carbocycles. The summed E-state index contributed by atoms with van der Waals surface area (Å²) in [5.74, 6) is -1.03. The fourth-order valence-electron chi connectivity index (χ4n) is 3.53. The molecule has 0 aromatic heterocycles. The Hall–Kier alpha value is -2.54. The third-order valence-electron chi connectivity index (χ3n) is 4.89. The Balaban J connectivity index is 2.29. The fraction of sp³-hybridized carbons (Fsp3) is 0.381. The van der Waals surface area contributed by atoms with E-state index in [0.717, 1.165) is 31.5 Å². The zero-order chi connectivity index (χ0) is 20.1. The summed E-state index contributed by atoms with van der Waals surface area (Å²) >= 11 is 1.18. The summed E-state index contributed by atoms with van der Waals surface area (Å²) in [5.41, 5.74) is 2.46. The van der Waals surface area contributed by atoms with Crippen LogP contribution in [0.3, 0.4) is 0 Å². The lowest BCUT2D eigenvalue weighted by Gasteiger charge is -2.28. The van der Waals surface area contributed by atoms with Crippen LogP contribution in [0.15, 0.2) is 57.7 Å². The quantitative estimate of drug-likeness (QED) is 0.673. The number of ketones is 1. The van der Waals surface area contributed by atoms with Crippen molar-refractivity contribution in [1.29, 1.82) is 0 Å². The summed E-state index contributed by atoms with van der Waals surface area (Å²) in [6.07, 6.45) is 9.79. The Bertz CT molecular complexity index is 841. The number of fused-ring (bicyclic) bond motifs is 2. The van der Waals surface area contributed by atoms with Gasteiger partial charge >= 0.3 is 11.9 Å². The van der Waals surface area contributed by atoms with Crippen LogP contribution in [0.4, 0.5) is 0 Å². The van der Waals surface area contributed by atoms with Crippen LogP contribution in [-0.2, 0) is 23.9 Å². The standard InChI is InChI=1S/C21H23NO5S/c1-26-20(24)16-12-28-13-17(23)14-7-3-4-8-15(11-14)19(18(16)21(25)27-2)22-9-5-6-10-22/h3-4,7-8,12H,5-6,9-11,13H2,1-2H3/b16-12-,19-18-. The molecule has 7 heteroatoms. The Kier molecular flexibility index (Phi) is 6.57. The first-order valence-electron chi connectivity index (χ1n) is 9.14. The molecule has 0 N–H and O–H groups in total. The van der Waals surface area contributed by atoms with E-state index in [-0.39, 0.29) is 22.7 Å². The summed E-state index contributed by atoms with van der Waals surface area (Å²) in [6, 6.07) is 0. The van der Waals surface area contributed by atoms with Gasteiger partial charge in [0.25, 0.3) is 0 Å². The molecule has 2 heterocycles. The Morgan fingerprint density at radius 2 is 1.64 bits per heavy atom. The van der Waals surface area contributed by atoms with Crippen molar-refractivity contribution in [1.82, 2.24) is 4.90 Å². The van der Waals surface area contributed by atoms with Crippen molar-refractivity contribution in [2.75, 3.05) is 33.1 Å². The van der Waals surface area contributed by atoms with Crippen LogP contribution >= 0.6 is 11.8 Å². The normalized spacial score (nSPS) is 24.6. The van der Waals surface area contributed by atoms with Crippen molar-refractivity contribution in [3.63, 3.8) is 0 Å². The van der Waals surface area contributed by atoms with E-state index in [1.54, 1.807) is 0 Å². The zero-order valence-electron chi connectivity index (χ0n) is 16.0. The first kappa shape index (κ1) is 20.2. The van der Waals surface area contributed by atoms with Gasteiger partial charge in [0, 0.05) is 25.1 Å². The number of nitrogens with zero attached hydrogens (tertiary/aromatic N) is 1. The Morgan fingerprint density at radius 3 is 2.29 bits per heavy atom. The van der Waals surface area contributed by atoms with Gasteiger partial charge in [-0.05, 0) is 23.8 Å². The van der Waals surface area contributed by atoms with Crippen LogP contribution in [-0.4, -0.2) is 55.7 Å². The van der Waals surface area contributed by atoms with Crippen LogP contribution < -0.4 is 0 Å². The number of thioether (sulfide) groups is 1. The Labute approximate surface area is 168 Å². The first-order chi connectivity index (χ1) is 13.6. The minimum Gasteiger partial charge on any atom is -0.465 e. The van der Waals surface area contributed by atoms with Crippen molar-refractivity contribution in [2.45, 2.75) is 19.3 Å². The largest absolute Gasteiger partial charge is 0.465 e. The van der Waals surface area contributed by atoms with Gasteiger partial charge in [-0.1, -0.05) is 24.3 Å². The fourth-order valence-corrected chi connectivity index (χ4v) is 4.33. The second-order valence-electron chi connectivity index (χ2n) is 6.61. The number of carbonyl (C=O) groups is 3. The number of esters is 2. The third kappa shape index (κ3) is 4.14. The maximum absolute atomic E-state index is 12.8. The van der Waals surface area contributed by atoms with Crippen molar-refractivity contribution < 1.29 is 23.9 Å². The van der Waals surface area contributed by atoms with E-state index in [0.29, 0.717) is 17.7 Å². The molecule has 1 aliphatic carbocycles. The second-order valence-corrected chi connectivity index (χ2v) is 7.47. The molecule has 3 rings (SSSR count). The molecular weight excluding hydrogens is 378 g/mol. The van der Waals surface area contributed by atoms with Gasteiger partial charge in [0.1, 0.15) is 0 Å². The minimum absolute atomic E-state index is 0.00482. The molecule has 0 atom stereocenters. The van der Waals surface area contributed by atoms with Gasteiger partial charge in [0.2, 0.25) is 0 Å². The molecule has 2 bridgehead atoms. The van der Waals surface area contributed by atoms with E-state index < -0.39 is 11.9 Å². The third-order valence-corrected chi connectivity index (χ3v) is 5.72. The van der Waals surface area contributed by atoms with E-state index in [4.69, 9.17) is 9.47 Å². The summed E-state index contributed by atoms with van der Waals surface area (Å²) in [6.45, 7) is 1.54. The molecule has 0 aromatic carbocycles. The molecule has 0 spiro atoms. The number of hydrogen-bond acceptors (Lipinski definition) is 7. The molecular formula is C21H23NO5S. The lowest BCUT2D eigenvalue weighted by molar-refractivity contribution is -0.139. The van der Waals surface area contributed by atoms with Crippen LogP contribution in [0.1, 0.15) is 19.3 Å². The average Bonchev–Trinajstić information content (AvgIpc) is 3.12. The first-order valence-corrected chi connectivity index (χ1v) is 10.2. The number of methoxy groups -OCH3 is 2. The number of carbonyl (C=O) groups excluding carboxylic acids is 3. The van der Waals surface area contributed by atoms with Crippen molar-refractivity contribution in [2.24, 2.45) is 0 Å². The van der Waals surface area contributed by atoms with Gasteiger partial charge in [-0.3, -0.25) is 4.79 Å². The van der Waals surface area contributed by atoms with E-state index in [9.17, 15) is 14.4 Å². The van der Waals surface area contributed by atoms with E-state index in [1.807, 2.05) is 24.3 Å². The molecule has 0 aromatic rings. The smallest absolute Gasteiger partial charge is 0.340 e. The highest BCUT2D eigenvalue weighted by molar-refractivity contribution is 8.02. The lowest BCUT2D eigenvalue weighted by Crippen LogP contribution is -2.28. The number of ether oxygens (including phenoxy) is 2. The lowest BCUT2D eigenvalue weighted by atomic mass is 9.93. The molecule has 1 fully saturated rings. The van der Waals surface area contributed by atoms with Crippen LogP contribution in [0.25, 0.3) is 0 Å². The summed E-state index contributed by atoms with van der Waals surface area (Å²) in [7, 11) is 2.57. The molecule has 1 saturated heterocycles. The Morgan fingerprint density at radius 1 is 1.00 bits per heavy atom. The van der Waals surface area contributed by atoms with Gasteiger partial charge in [-0.15, -0.1) is 11.8 Å². The van der Waals surface area contributed by atoms with Crippen LogP contribution in [0, 0.1) is 0 Å². The predicted molar refractivity (Wildman–Crippen MR) is 107 cm³/mol. The van der Waals surface area contributed by atoms with Crippen LogP contribution in [0.2, 0.25) is 0 Å². The molecule has 6 nitrogen and oxygen atoms in total. The highest BCUT2D eigenvalue weighted by atomic mass is 32.2. The summed E-state index contributed by atoms with van der Waals surface area (Å²) in [5, 5.41) is 1.54. The van der Waals surface area contributed by atoms with Gasteiger partial charge in [-0.25, -0.2) is 9.59 Å². The summed E-state index contributed by atoms with van der Waals surface area (Å²) in [4.78, 5) is 40.1.